The molecule has 4 nitrogen and oxygen atoms in total. The van der Waals surface area contributed by atoms with Gasteiger partial charge in [-0.1, -0.05) is 30.3 Å². The van der Waals surface area contributed by atoms with Crippen LogP contribution in [0, 0.1) is 0 Å². The topological polar surface area (TPSA) is 52.1 Å². The number of aryl methyl sites for hydroxylation is 1. The molecule has 3 aromatic rings. The van der Waals surface area contributed by atoms with Crippen LogP contribution in [-0.4, -0.2) is 10.5 Å². The van der Waals surface area contributed by atoms with Crippen molar-refractivity contribution in [3.05, 3.63) is 60.4 Å². The summed E-state index contributed by atoms with van der Waals surface area (Å²) in [4.78, 5) is 11.2. The van der Waals surface area contributed by atoms with Gasteiger partial charge in [0.15, 0.2) is 5.69 Å². The van der Waals surface area contributed by atoms with Crippen molar-refractivity contribution in [2.24, 2.45) is 12.8 Å². The molecule has 2 aromatic heterocycles. The lowest BCUT2D eigenvalue weighted by atomic mass is 10.2. The number of hydrogen-bond donors (Lipinski definition) is 1. The van der Waals surface area contributed by atoms with Crippen molar-refractivity contribution < 1.29 is 9.20 Å². The van der Waals surface area contributed by atoms with E-state index < -0.39 is 5.91 Å². The van der Waals surface area contributed by atoms with Crippen LogP contribution >= 0.6 is 0 Å². The van der Waals surface area contributed by atoms with E-state index in [1.54, 1.807) is 12.3 Å². The smallest absolute Gasteiger partial charge is 0.286 e. The summed E-state index contributed by atoms with van der Waals surface area (Å²) in [5.74, 6) is -0.417. The summed E-state index contributed by atoms with van der Waals surface area (Å²) in [6.45, 7) is 0. The molecule has 19 heavy (non-hydrogen) atoms. The number of nitrogens with zero attached hydrogens (tertiary/aromatic N) is 2. The molecule has 94 valence electrons. The molecule has 0 saturated carbocycles. The fraction of sp³-hybridized carbons (Fsp3) is 0.0667. The molecule has 0 spiro atoms. The SMILES string of the molecule is Cn1c(-c2ccccc2)c[n+]2cc(C(N)=O)ccc12. The molecule has 0 aliphatic carbocycles. The molecular formula is C15H14N3O+. The van der Waals surface area contributed by atoms with Gasteiger partial charge in [-0.25, -0.2) is 8.97 Å². The van der Waals surface area contributed by atoms with Crippen molar-refractivity contribution in [3.8, 4) is 11.3 Å². The number of pyridine rings is 1. The highest BCUT2D eigenvalue weighted by molar-refractivity contribution is 5.92. The van der Waals surface area contributed by atoms with E-state index in [0.29, 0.717) is 5.56 Å². The lowest BCUT2D eigenvalue weighted by molar-refractivity contribution is -0.510. The Morgan fingerprint density at radius 2 is 1.84 bits per heavy atom. The van der Waals surface area contributed by atoms with Crippen molar-refractivity contribution in [2.75, 3.05) is 0 Å². The molecule has 0 atom stereocenters. The van der Waals surface area contributed by atoms with E-state index >= 15 is 0 Å². The first-order valence-corrected chi connectivity index (χ1v) is 6.03. The Hall–Kier alpha value is -2.62. The minimum Gasteiger partial charge on any atom is -0.365 e. The minimum absolute atomic E-state index is 0.417. The molecule has 3 rings (SSSR count). The largest absolute Gasteiger partial charge is 0.365 e. The highest BCUT2D eigenvalue weighted by atomic mass is 16.1. The molecule has 0 saturated heterocycles. The highest BCUT2D eigenvalue weighted by Gasteiger charge is 2.16. The molecular weight excluding hydrogens is 238 g/mol. The van der Waals surface area contributed by atoms with Crippen LogP contribution in [0.5, 0.6) is 0 Å². The van der Waals surface area contributed by atoms with Crippen molar-refractivity contribution in [1.82, 2.24) is 4.57 Å². The second kappa shape index (κ2) is 4.24. The molecule has 4 heteroatoms. The van der Waals surface area contributed by atoms with E-state index in [0.717, 1.165) is 16.9 Å². The summed E-state index contributed by atoms with van der Waals surface area (Å²) in [5, 5.41) is 0. The quantitative estimate of drug-likeness (QED) is 0.691. The maximum absolute atomic E-state index is 11.2. The number of primary amides is 1. The van der Waals surface area contributed by atoms with Gasteiger partial charge in [-0.15, -0.1) is 0 Å². The Morgan fingerprint density at radius 1 is 1.11 bits per heavy atom. The van der Waals surface area contributed by atoms with Crippen LogP contribution in [0.4, 0.5) is 0 Å². The van der Waals surface area contributed by atoms with Crippen LogP contribution in [-0.2, 0) is 7.05 Å². The summed E-state index contributed by atoms with van der Waals surface area (Å²) in [5.41, 5.74) is 9.03. The van der Waals surface area contributed by atoms with Crippen LogP contribution < -0.4 is 10.1 Å². The first kappa shape index (κ1) is 11.5. The Morgan fingerprint density at radius 3 is 2.53 bits per heavy atom. The van der Waals surface area contributed by atoms with E-state index in [1.807, 2.05) is 41.9 Å². The van der Waals surface area contributed by atoms with Gasteiger partial charge >= 0.3 is 0 Å². The molecule has 0 fully saturated rings. The van der Waals surface area contributed by atoms with E-state index in [1.165, 1.54) is 0 Å². The molecule has 2 heterocycles. The van der Waals surface area contributed by atoms with Gasteiger partial charge in [0, 0.05) is 11.6 Å². The van der Waals surface area contributed by atoms with E-state index in [9.17, 15) is 4.79 Å². The predicted molar refractivity (Wildman–Crippen MR) is 72.5 cm³/mol. The summed E-state index contributed by atoms with van der Waals surface area (Å²) < 4.78 is 4.00. The number of nitrogens with two attached hydrogens (primary N) is 1. The zero-order valence-corrected chi connectivity index (χ0v) is 10.6. The van der Waals surface area contributed by atoms with Gasteiger partial charge in [0.25, 0.3) is 11.6 Å². The average molecular weight is 252 g/mol. The first-order valence-electron chi connectivity index (χ1n) is 6.03. The van der Waals surface area contributed by atoms with E-state index in [-0.39, 0.29) is 0 Å². The minimum atomic E-state index is -0.417. The van der Waals surface area contributed by atoms with Gasteiger partial charge in [0.1, 0.15) is 12.4 Å². The fourth-order valence-corrected chi connectivity index (χ4v) is 2.26. The molecule has 0 aliphatic rings. The van der Waals surface area contributed by atoms with Crippen molar-refractivity contribution >= 4 is 11.6 Å². The number of aromatic nitrogens is 2. The monoisotopic (exact) mass is 252 g/mol. The fourth-order valence-electron chi connectivity index (χ4n) is 2.26. The summed E-state index contributed by atoms with van der Waals surface area (Å²) in [7, 11) is 2.00. The lowest BCUT2D eigenvalue weighted by Crippen LogP contribution is -2.23. The first-order chi connectivity index (χ1) is 9.16. The van der Waals surface area contributed by atoms with Gasteiger partial charge in [0.2, 0.25) is 0 Å². The molecule has 0 aliphatic heterocycles. The zero-order valence-electron chi connectivity index (χ0n) is 10.6. The molecule has 0 radical (unpaired) electrons. The Labute approximate surface area is 110 Å². The number of hydrogen-bond acceptors (Lipinski definition) is 1. The lowest BCUT2D eigenvalue weighted by Gasteiger charge is -1.96. The second-order valence-electron chi connectivity index (χ2n) is 4.49. The third-order valence-electron chi connectivity index (χ3n) is 3.28. The maximum Gasteiger partial charge on any atom is 0.286 e. The second-order valence-corrected chi connectivity index (χ2v) is 4.49. The van der Waals surface area contributed by atoms with Crippen molar-refractivity contribution in [2.45, 2.75) is 0 Å². The maximum atomic E-state index is 11.2. The van der Waals surface area contributed by atoms with Crippen molar-refractivity contribution in [3.63, 3.8) is 0 Å². The zero-order chi connectivity index (χ0) is 13.4. The average Bonchev–Trinajstić information content (AvgIpc) is 2.76. The third-order valence-corrected chi connectivity index (χ3v) is 3.28. The predicted octanol–water partition coefficient (Wildman–Crippen LogP) is 1.53. The van der Waals surface area contributed by atoms with Gasteiger partial charge in [-0.2, -0.15) is 0 Å². The van der Waals surface area contributed by atoms with Crippen LogP contribution in [0.1, 0.15) is 10.4 Å². The van der Waals surface area contributed by atoms with Gasteiger partial charge in [-0.3, -0.25) is 4.79 Å². The van der Waals surface area contributed by atoms with Crippen LogP contribution in [0.25, 0.3) is 16.9 Å². The van der Waals surface area contributed by atoms with Gasteiger partial charge < -0.3 is 5.73 Å². The Kier molecular flexibility index (Phi) is 2.56. The number of carbonyl (C=O) groups excluding carboxylic acids is 1. The van der Waals surface area contributed by atoms with Crippen LogP contribution in [0.15, 0.2) is 54.9 Å². The van der Waals surface area contributed by atoms with Crippen molar-refractivity contribution in [1.29, 1.82) is 0 Å². The summed E-state index contributed by atoms with van der Waals surface area (Å²) in [6, 6.07) is 13.8. The highest BCUT2D eigenvalue weighted by Crippen LogP contribution is 2.19. The number of rotatable bonds is 2. The molecule has 1 aromatic carbocycles. The number of fused-ring (bicyclic) bond motifs is 1. The number of imidazole rings is 1. The van der Waals surface area contributed by atoms with Gasteiger partial charge in [-0.05, 0) is 6.07 Å². The van der Waals surface area contributed by atoms with Crippen LogP contribution in [0.2, 0.25) is 0 Å². The molecule has 2 N–H and O–H groups in total. The number of carbonyl (C=O) groups is 1. The summed E-state index contributed by atoms with van der Waals surface area (Å²) in [6.07, 6.45) is 3.75. The normalized spacial score (nSPS) is 10.8. The molecule has 0 unspecified atom stereocenters. The summed E-state index contributed by atoms with van der Waals surface area (Å²) >= 11 is 0. The molecule has 1 amide bonds. The molecule has 0 bridgehead atoms. The van der Waals surface area contributed by atoms with E-state index in [4.69, 9.17) is 5.73 Å². The van der Waals surface area contributed by atoms with Gasteiger partial charge in [0.05, 0.1) is 12.6 Å². The third kappa shape index (κ3) is 1.87. The van der Waals surface area contributed by atoms with Crippen LogP contribution in [0.3, 0.4) is 0 Å². The number of benzene rings is 1. The Bertz CT molecular complexity index is 760. The van der Waals surface area contributed by atoms with E-state index in [2.05, 4.69) is 16.7 Å². The Balaban J connectivity index is 2.23. The standard InChI is InChI=1S/C15H13N3O/c1-17-13(11-5-3-2-4-6-11)10-18-9-12(15(16)19)7-8-14(17)18/h2-10H,1H3,(H-,16,19)/p+1. The number of amides is 1.